The molecule has 0 bridgehead atoms. The maximum Gasteiger partial charge on any atom is 0.295 e. The van der Waals surface area contributed by atoms with E-state index in [0.717, 1.165) is 37.3 Å². The zero-order valence-corrected chi connectivity index (χ0v) is 14.1. The summed E-state index contributed by atoms with van der Waals surface area (Å²) in [6, 6.07) is 12.9. The van der Waals surface area contributed by atoms with Crippen LogP contribution in [-0.4, -0.2) is 38.0 Å². The summed E-state index contributed by atoms with van der Waals surface area (Å²) in [5, 5.41) is 19.3. The number of hydrogen-bond donors (Lipinski definition) is 0. The van der Waals surface area contributed by atoms with Crippen LogP contribution in [0.1, 0.15) is 18.9 Å². The summed E-state index contributed by atoms with van der Waals surface area (Å²) in [6.45, 7) is 1.65. The van der Waals surface area contributed by atoms with E-state index in [1.807, 2.05) is 41.2 Å². The van der Waals surface area contributed by atoms with E-state index < -0.39 is 0 Å². The van der Waals surface area contributed by atoms with Gasteiger partial charge in [0, 0.05) is 30.9 Å². The second-order valence-corrected chi connectivity index (χ2v) is 6.26. The Bertz CT molecular complexity index is 889. The van der Waals surface area contributed by atoms with Crippen molar-refractivity contribution in [3.05, 3.63) is 65.0 Å². The van der Waals surface area contributed by atoms with Crippen LogP contribution in [0.3, 0.4) is 0 Å². The third-order valence-corrected chi connectivity index (χ3v) is 4.71. The summed E-state index contributed by atoms with van der Waals surface area (Å²) >= 11 is 0. The minimum Gasteiger partial charge on any atom is -0.356 e. The molecular formula is C18H18N6O2. The summed E-state index contributed by atoms with van der Waals surface area (Å²) in [7, 11) is 0. The molecule has 2 aromatic heterocycles. The monoisotopic (exact) mass is 350 g/mol. The standard InChI is InChI=1S/C18H18N6O2/c25-24(26)16-6-7-17(20-18(16)14-4-2-1-3-5-14)22-11-8-15(9-12-22)23-13-10-19-21-23/h1-7,10,13,15H,8-9,11-12H2. The number of nitro groups is 1. The number of hydrogen-bond acceptors (Lipinski definition) is 6. The van der Waals surface area contributed by atoms with Gasteiger partial charge in [0.15, 0.2) is 5.69 Å². The molecule has 0 aliphatic carbocycles. The van der Waals surface area contributed by atoms with E-state index in [1.54, 1.807) is 18.3 Å². The normalized spacial score (nSPS) is 15.2. The lowest BCUT2D eigenvalue weighted by Gasteiger charge is -2.32. The molecule has 8 heteroatoms. The molecule has 0 spiro atoms. The first kappa shape index (κ1) is 16.2. The van der Waals surface area contributed by atoms with E-state index >= 15 is 0 Å². The molecule has 1 aliphatic rings. The quantitative estimate of drug-likeness (QED) is 0.530. The van der Waals surface area contributed by atoms with Crippen molar-refractivity contribution in [2.75, 3.05) is 18.0 Å². The van der Waals surface area contributed by atoms with Crippen molar-refractivity contribution in [1.82, 2.24) is 20.0 Å². The lowest BCUT2D eigenvalue weighted by molar-refractivity contribution is -0.384. The molecule has 1 aliphatic heterocycles. The highest BCUT2D eigenvalue weighted by atomic mass is 16.6. The van der Waals surface area contributed by atoms with Crippen LogP contribution in [0, 0.1) is 10.1 Å². The Morgan fingerprint density at radius 2 is 1.85 bits per heavy atom. The van der Waals surface area contributed by atoms with Gasteiger partial charge in [0.1, 0.15) is 5.82 Å². The third kappa shape index (κ3) is 3.13. The van der Waals surface area contributed by atoms with Gasteiger partial charge >= 0.3 is 0 Å². The Balaban J connectivity index is 1.59. The molecule has 3 aromatic rings. The van der Waals surface area contributed by atoms with Gasteiger partial charge in [-0.3, -0.25) is 10.1 Å². The van der Waals surface area contributed by atoms with Crippen molar-refractivity contribution < 1.29 is 4.92 Å². The molecule has 1 aromatic carbocycles. The van der Waals surface area contributed by atoms with E-state index in [9.17, 15) is 10.1 Å². The minimum atomic E-state index is -0.379. The predicted molar refractivity (Wildman–Crippen MR) is 96.8 cm³/mol. The van der Waals surface area contributed by atoms with Crippen molar-refractivity contribution in [1.29, 1.82) is 0 Å². The van der Waals surface area contributed by atoms with Crippen LogP contribution >= 0.6 is 0 Å². The highest BCUT2D eigenvalue weighted by Gasteiger charge is 2.24. The molecule has 132 valence electrons. The topological polar surface area (TPSA) is 90.0 Å². The van der Waals surface area contributed by atoms with Gasteiger partial charge < -0.3 is 4.90 Å². The van der Waals surface area contributed by atoms with E-state index in [4.69, 9.17) is 0 Å². The van der Waals surface area contributed by atoms with Gasteiger partial charge in [-0.1, -0.05) is 35.5 Å². The summed E-state index contributed by atoms with van der Waals surface area (Å²) in [4.78, 5) is 17.8. The molecule has 0 saturated carbocycles. The molecule has 0 radical (unpaired) electrons. The first-order valence-corrected chi connectivity index (χ1v) is 8.54. The van der Waals surface area contributed by atoms with Crippen LogP contribution in [0.2, 0.25) is 0 Å². The second-order valence-electron chi connectivity index (χ2n) is 6.26. The molecule has 0 atom stereocenters. The van der Waals surface area contributed by atoms with Crippen LogP contribution in [0.25, 0.3) is 11.3 Å². The Labute approximate surface area is 150 Å². The lowest BCUT2D eigenvalue weighted by Crippen LogP contribution is -2.35. The fourth-order valence-corrected chi connectivity index (χ4v) is 3.35. The number of benzene rings is 1. The van der Waals surface area contributed by atoms with Crippen LogP contribution in [0.15, 0.2) is 54.9 Å². The smallest absolute Gasteiger partial charge is 0.295 e. The van der Waals surface area contributed by atoms with Crippen LogP contribution in [-0.2, 0) is 0 Å². The molecule has 1 fully saturated rings. The van der Waals surface area contributed by atoms with Crippen molar-refractivity contribution in [3.8, 4) is 11.3 Å². The molecule has 3 heterocycles. The maximum absolute atomic E-state index is 11.4. The number of aromatic nitrogens is 4. The number of nitrogens with zero attached hydrogens (tertiary/aromatic N) is 6. The minimum absolute atomic E-state index is 0.0254. The molecule has 1 saturated heterocycles. The molecular weight excluding hydrogens is 332 g/mol. The molecule has 26 heavy (non-hydrogen) atoms. The Hall–Kier alpha value is -3.29. The zero-order valence-electron chi connectivity index (χ0n) is 14.1. The highest BCUT2D eigenvalue weighted by Crippen LogP contribution is 2.32. The van der Waals surface area contributed by atoms with Gasteiger partial charge in [0.05, 0.1) is 17.2 Å². The van der Waals surface area contributed by atoms with Crippen LogP contribution < -0.4 is 4.90 Å². The van der Waals surface area contributed by atoms with Crippen molar-refractivity contribution in [3.63, 3.8) is 0 Å². The van der Waals surface area contributed by atoms with E-state index in [1.165, 1.54) is 0 Å². The van der Waals surface area contributed by atoms with Gasteiger partial charge in [0.25, 0.3) is 5.69 Å². The van der Waals surface area contributed by atoms with Crippen LogP contribution in [0.5, 0.6) is 0 Å². The number of piperidine rings is 1. The van der Waals surface area contributed by atoms with E-state index in [-0.39, 0.29) is 10.6 Å². The summed E-state index contributed by atoms with van der Waals surface area (Å²) in [6.07, 6.45) is 5.44. The van der Waals surface area contributed by atoms with Gasteiger partial charge in [0.2, 0.25) is 0 Å². The molecule has 0 N–H and O–H groups in total. The lowest BCUT2D eigenvalue weighted by atomic mass is 10.0. The largest absolute Gasteiger partial charge is 0.356 e. The van der Waals surface area contributed by atoms with Gasteiger partial charge in [-0.25, -0.2) is 9.67 Å². The fraction of sp³-hybridized carbons (Fsp3) is 0.278. The van der Waals surface area contributed by atoms with Gasteiger partial charge in [-0.2, -0.15) is 0 Å². The number of anilines is 1. The fourth-order valence-electron chi connectivity index (χ4n) is 3.35. The first-order chi connectivity index (χ1) is 12.7. The zero-order chi connectivity index (χ0) is 17.9. The first-order valence-electron chi connectivity index (χ1n) is 8.54. The Morgan fingerprint density at radius 3 is 2.50 bits per heavy atom. The Morgan fingerprint density at radius 1 is 1.08 bits per heavy atom. The predicted octanol–water partition coefficient (Wildman–Crippen LogP) is 3.09. The summed E-state index contributed by atoms with van der Waals surface area (Å²) < 4.78 is 1.90. The van der Waals surface area contributed by atoms with Crippen LogP contribution in [0.4, 0.5) is 11.5 Å². The molecule has 0 unspecified atom stereocenters. The average molecular weight is 350 g/mol. The van der Waals surface area contributed by atoms with E-state index in [2.05, 4.69) is 20.2 Å². The maximum atomic E-state index is 11.4. The van der Waals surface area contributed by atoms with Gasteiger partial charge in [-0.15, -0.1) is 5.10 Å². The highest BCUT2D eigenvalue weighted by molar-refractivity contribution is 5.71. The summed E-state index contributed by atoms with van der Waals surface area (Å²) in [5.74, 6) is 0.770. The van der Waals surface area contributed by atoms with Crippen molar-refractivity contribution in [2.45, 2.75) is 18.9 Å². The molecule has 8 nitrogen and oxygen atoms in total. The second kappa shape index (κ2) is 6.91. The van der Waals surface area contributed by atoms with Crippen molar-refractivity contribution in [2.24, 2.45) is 0 Å². The van der Waals surface area contributed by atoms with Gasteiger partial charge in [-0.05, 0) is 18.9 Å². The third-order valence-electron chi connectivity index (χ3n) is 4.71. The number of rotatable bonds is 4. The Kier molecular flexibility index (Phi) is 4.30. The molecule has 0 amide bonds. The average Bonchev–Trinajstić information content (AvgIpc) is 3.23. The van der Waals surface area contributed by atoms with E-state index in [0.29, 0.717) is 11.7 Å². The molecule has 4 rings (SSSR count). The number of pyridine rings is 1. The van der Waals surface area contributed by atoms with Crippen molar-refractivity contribution >= 4 is 11.5 Å². The summed E-state index contributed by atoms with van der Waals surface area (Å²) in [5.41, 5.74) is 1.18. The SMILES string of the molecule is O=[N+]([O-])c1ccc(N2CCC(n3ccnn3)CC2)nc1-c1ccccc1.